The number of alkyl halides is 3. The van der Waals surface area contributed by atoms with Crippen molar-refractivity contribution in [3.05, 3.63) is 154 Å². The molecular formula is C42H45ClF3N3O. The molecule has 0 spiro atoms. The van der Waals surface area contributed by atoms with Gasteiger partial charge >= 0.3 is 6.18 Å². The number of halogens is 4. The number of hydrogen-bond acceptors (Lipinski definition) is 3. The molecule has 0 N–H and O–H groups in total. The summed E-state index contributed by atoms with van der Waals surface area (Å²) in [5, 5.41) is 0.677. The van der Waals surface area contributed by atoms with Crippen LogP contribution < -0.4 is 4.90 Å². The van der Waals surface area contributed by atoms with Gasteiger partial charge in [0.1, 0.15) is 6.04 Å². The Morgan fingerprint density at radius 3 is 2.18 bits per heavy atom. The molecule has 0 radical (unpaired) electrons. The van der Waals surface area contributed by atoms with Crippen molar-refractivity contribution in [2.45, 2.75) is 57.8 Å². The average molecular weight is 700 g/mol. The van der Waals surface area contributed by atoms with Crippen LogP contribution in [-0.4, -0.2) is 47.9 Å². The lowest BCUT2D eigenvalue weighted by atomic mass is 10.00. The summed E-state index contributed by atoms with van der Waals surface area (Å²) in [6.07, 6.45) is 4.14. The summed E-state index contributed by atoms with van der Waals surface area (Å²) in [6, 6.07) is 30.8. The molecule has 262 valence electrons. The van der Waals surface area contributed by atoms with Crippen molar-refractivity contribution < 1.29 is 18.0 Å². The average Bonchev–Trinajstić information content (AvgIpc) is 3.13. The highest BCUT2D eigenvalue weighted by atomic mass is 35.5. The van der Waals surface area contributed by atoms with Gasteiger partial charge in [0.2, 0.25) is 5.91 Å². The van der Waals surface area contributed by atoms with Gasteiger partial charge in [-0.1, -0.05) is 117 Å². The van der Waals surface area contributed by atoms with Crippen LogP contribution in [0.25, 0.3) is 6.08 Å². The van der Waals surface area contributed by atoms with Crippen LogP contribution in [0.3, 0.4) is 0 Å². The SMILES string of the molecule is C=C(/C=C/c1ccc(C(F)(F)F)cc1)N(Cc1ccc(CCCCC)cc1)[C@@H](Cc1ccccc1)C(=O)N1CCN(c2cccc(Cl)c2)CC1. The van der Waals surface area contributed by atoms with Crippen LogP contribution in [0.2, 0.25) is 5.02 Å². The molecule has 1 heterocycles. The zero-order chi connectivity index (χ0) is 35.5. The van der Waals surface area contributed by atoms with Crippen molar-refractivity contribution in [3.63, 3.8) is 0 Å². The number of piperazine rings is 1. The third-order valence-corrected chi connectivity index (χ3v) is 9.45. The lowest BCUT2D eigenvalue weighted by Gasteiger charge is -2.41. The summed E-state index contributed by atoms with van der Waals surface area (Å²) in [5.74, 6) is 0.0138. The minimum atomic E-state index is -4.40. The molecule has 0 saturated carbocycles. The Labute approximate surface area is 299 Å². The van der Waals surface area contributed by atoms with Crippen LogP contribution in [0.1, 0.15) is 54.0 Å². The summed E-state index contributed by atoms with van der Waals surface area (Å²) >= 11 is 6.26. The van der Waals surface area contributed by atoms with E-state index in [1.807, 2.05) is 64.4 Å². The molecule has 1 saturated heterocycles. The minimum Gasteiger partial charge on any atom is -0.368 e. The Balaban J connectivity index is 1.42. The predicted molar refractivity (Wildman–Crippen MR) is 199 cm³/mol. The normalized spacial score (nSPS) is 14.2. The van der Waals surface area contributed by atoms with Crippen LogP contribution in [0, 0.1) is 0 Å². The van der Waals surface area contributed by atoms with Gasteiger partial charge in [0.15, 0.2) is 0 Å². The minimum absolute atomic E-state index is 0.0138. The number of carbonyl (C=O) groups excluding carboxylic acids is 1. The van der Waals surface area contributed by atoms with E-state index in [1.165, 1.54) is 30.5 Å². The molecular weight excluding hydrogens is 655 g/mol. The number of benzene rings is 4. The van der Waals surface area contributed by atoms with Gasteiger partial charge < -0.3 is 14.7 Å². The molecule has 8 heteroatoms. The van der Waals surface area contributed by atoms with Crippen LogP contribution in [-0.2, 0) is 30.4 Å². The number of unbranched alkanes of at least 4 members (excludes halogenated alkanes) is 2. The van der Waals surface area contributed by atoms with Gasteiger partial charge in [-0.05, 0) is 71.5 Å². The quantitative estimate of drug-likeness (QED) is 0.0969. The molecule has 4 aromatic rings. The lowest BCUT2D eigenvalue weighted by molar-refractivity contribution is -0.138. The van der Waals surface area contributed by atoms with Crippen LogP contribution >= 0.6 is 11.6 Å². The summed E-state index contributed by atoms with van der Waals surface area (Å²) in [5.41, 5.74) is 4.90. The number of carbonyl (C=O) groups is 1. The van der Waals surface area contributed by atoms with Gasteiger partial charge in [-0.25, -0.2) is 0 Å². The van der Waals surface area contributed by atoms with Crippen LogP contribution in [0.15, 0.2) is 121 Å². The molecule has 1 amide bonds. The molecule has 0 aliphatic carbocycles. The second kappa shape index (κ2) is 17.4. The van der Waals surface area contributed by atoms with Crippen molar-refractivity contribution in [1.82, 2.24) is 9.80 Å². The van der Waals surface area contributed by atoms with E-state index in [4.69, 9.17) is 11.6 Å². The van der Waals surface area contributed by atoms with Gasteiger partial charge in [-0.2, -0.15) is 13.2 Å². The molecule has 0 bridgehead atoms. The zero-order valence-electron chi connectivity index (χ0n) is 28.6. The Morgan fingerprint density at radius 1 is 0.860 bits per heavy atom. The Hall–Kier alpha value is -4.49. The standard InChI is InChI=1S/C42H45ClF3N3O/c1-3-4-6-10-33-17-19-36(20-18-33)31-49(32(2)15-16-34-21-23-37(24-22-34)42(44,45)46)40(29-35-11-7-5-8-12-35)41(50)48-27-25-47(26-28-48)39-14-9-13-38(43)30-39/h5,7-9,11-24,30,40H,2-4,6,10,25-29,31H2,1H3/b16-15+/t40-/m0/s1. The maximum Gasteiger partial charge on any atom is 0.416 e. The van der Waals surface area contributed by atoms with Crippen molar-refractivity contribution in [1.29, 1.82) is 0 Å². The molecule has 4 aromatic carbocycles. The van der Waals surface area contributed by atoms with Crippen LogP contribution in [0.5, 0.6) is 0 Å². The maximum absolute atomic E-state index is 14.6. The number of rotatable bonds is 14. The lowest BCUT2D eigenvalue weighted by Crippen LogP contribution is -2.55. The van der Waals surface area contributed by atoms with Gasteiger partial charge in [0.25, 0.3) is 0 Å². The van der Waals surface area contributed by atoms with Gasteiger partial charge in [0, 0.05) is 55.6 Å². The molecule has 1 aliphatic rings. The van der Waals surface area contributed by atoms with Crippen molar-refractivity contribution in [2.24, 2.45) is 0 Å². The first kappa shape index (κ1) is 36.8. The number of allylic oxidation sites excluding steroid dienone is 1. The monoisotopic (exact) mass is 699 g/mol. The summed E-state index contributed by atoms with van der Waals surface area (Å²) in [7, 11) is 0. The number of nitrogens with zero attached hydrogens (tertiary/aromatic N) is 3. The second-order valence-electron chi connectivity index (χ2n) is 12.8. The fraction of sp³-hybridized carbons (Fsp3) is 0.310. The third-order valence-electron chi connectivity index (χ3n) is 9.22. The van der Waals surface area contributed by atoms with Crippen molar-refractivity contribution >= 4 is 29.3 Å². The van der Waals surface area contributed by atoms with E-state index >= 15 is 0 Å². The Morgan fingerprint density at radius 2 is 1.54 bits per heavy atom. The maximum atomic E-state index is 14.6. The smallest absolute Gasteiger partial charge is 0.368 e. The largest absolute Gasteiger partial charge is 0.416 e. The fourth-order valence-corrected chi connectivity index (χ4v) is 6.49. The zero-order valence-corrected chi connectivity index (χ0v) is 29.3. The summed E-state index contributed by atoms with van der Waals surface area (Å²) in [4.78, 5) is 20.8. The van der Waals surface area contributed by atoms with E-state index in [2.05, 4.69) is 42.7 Å². The Bertz CT molecular complexity index is 1710. The van der Waals surface area contributed by atoms with Crippen molar-refractivity contribution in [3.8, 4) is 0 Å². The molecule has 0 unspecified atom stereocenters. The van der Waals surface area contributed by atoms with E-state index < -0.39 is 17.8 Å². The summed E-state index contributed by atoms with van der Waals surface area (Å²) < 4.78 is 39.6. The molecule has 1 aliphatic heterocycles. The fourth-order valence-electron chi connectivity index (χ4n) is 6.31. The number of anilines is 1. The molecule has 50 heavy (non-hydrogen) atoms. The molecule has 0 aromatic heterocycles. The van der Waals surface area contributed by atoms with Gasteiger partial charge in [-0.3, -0.25) is 4.79 Å². The van der Waals surface area contributed by atoms with E-state index in [0.717, 1.165) is 41.8 Å². The van der Waals surface area contributed by atoms with E-state index in [-0.39, 0.29) is 5.91 Å². The highest BCUT2D eigenvalue weighted by Crippen LogP contribution is 2.30. The van der Waals surface area contributed by atoms with Crippen LogP contribution in [0.4, 0.5) is 18.9 Å². The first-order valence-electron chi connectivity index (χ1n) is 17.3. The Kier molecular flexibility index (Phi) is 12.8. The van der Waals surface area contributed by atoms with Gasteiger partial charge in [-0.15, -0.1) is 0 Å². The van der Waals surface area contributed by atoms with E-state index in [9.17, 15) is 18.0 Å². The highest BCUT2D eigenvalue weighted by Gasteiger charge is 2.33. The number of amides is 1. The van der Waals surface area contributed by atoms with E-state index in [0.29, 0.717) is 55.4 Å². The first-order chi connectivity index (χ1) is 24.1. The highest BCUT2D eigenvalue weighted by molar-refractivity contribution is 6.30. The van der Waals surface area contributed by atoms with E-state index in [1.54, 1.807) is 12.2 Å². The number of aryl methyl sites for hydroxylation is 1. The second-order valence-corrected chi connectivity index (χ2v) is 13.3. The van der Waals surface area contributed by atoms with Gasteiger partial charge in [0.05, 0.1) is 5.56 Å². The first-order valence-corrected chi connectivity index (χ1v) is 17.7. The predicted octanol–water partition coefficient (Wildman–Crippen LogP) is 10.1. The summed E-state index contributed by atoms with van der Waals surface area (Å²) in [6.45, 7) is 9.53. The molecule has 1 fully saturated rings. The number of hydrogen-bond donors (Lipinski definition) is 0. The van der Waals surface area contributed by atoms with Crippen molar-refractivity contribution in [2.75, 3.05) is 31.1 Å². The molecule has 5 rings (SSSR count). The third kappa shape index (κ3) is 10.3. The molecule has 1 atom stereocenters. The molecule has 4 nitrogen and oxygen atoms in total. The topological polar surface area (TPSA) is 26.8 Å².